The van der Waals surface area contributed by atoms with Gasteiger partial charge < -0.3 is 10.6 Å². The summed E-state index contributed by atoms with van der Waals surface area (Å²) in [6, 6.07) is 4.96. The van der Waals surface area contributed by atoms with E-state index in [2.05, 4.69) is 4.72 Å². The first kappa shape index (κ1) is 17.0. The van der Waals surface area contributed by atoms with Crippen molar-refractivity contribution in [1.29, 1.82) is 0 Å². The van der Waals surface area contributed by atoms with E-state index in [1.807, 2.05) is 25.9 Å². The molecule has 1 unspecified atom stereocenters. The number of hydrogen-bond donors (Lipinski definition) is 2. The monoisotopic (exact) mass is 315 g/mol. The summed E-state index contributed by atoms with van der Waals surface area (Å²) in [4.78, 5) is 2.46. The number of nitrogens with two attached hydrogens (primary N) is 1. The number of aryl methyl sites for hydroxylation is 1. The third-order valence-electron chi connectivity index (χ3n) is 3.20. The molecule has 0 bridgehead atoms. The predicted octanol–water partition coefficient (Wildman–Crippen LogP) is 0.858. The van der Waals surface area contributed by atoms with Gasteiger partial charge in [-0.3, -0.25) is 0 Å². The van der Waals surface area contributed by atoms with Crippen LogP contribution in [0.25, 0.3) is 0 Å². The van der Waals surface area contributed by atoms with Gasteiger partial charge in [-0.05, 0) is 45.6 Å². The van der Waals surface area contributed by atoms with Gasteiger partial charge in [-0.2, -0.15) is 0 Å². The predicted molar refractivity (Wildman–Crippen MR) is 85.4 cm³/mol. The number of hydrogen-bond acceptors (Lipinski definition) is 4. The second-order valence-electron chi connectivity index (χ2n) is 5.01. The maximum atomic E-state index is 12.3. The normalized spacial score (nSPS) is 13.4. The van der Waals surface area contributed by atoms with Crippen LogP contribution >= 0.6 is 12.2 Å². The van der Waals surface area contributed by atoms with Gasteiger partial charge in [0.1, 0.15) is 4.99 Å². The first-order chi connectivity index (χ1) is 9.15. The molecule has 5 nitrogen and oxygen atoms in total. The minimum Gasteiger partial charge on any atom is -0.389 e. The van der Waals surface area contributed by atoms with Crippen LogP contribution in [0.3, 0.4) is 0 Å². The summed E-state index contributed by atoms with van der Waals surface area (Å²) in [7, 11) is 0.285. The molecule has 0 aliphatic rings. The number of sulfonamides is 1. The summed E-state index contributed by atoms with van der Waals surface area (Å²) >= 11 is 4.88. The number of benzene rings is 1. The molecule has 1 rings (SSSR count). The molecule has 0 heterocycles. The van der Waals surface area contributed by atoms with Crippen molar-refractivity contribution in [2.45, 2.75) is 24.8 Å². The highest BCUT2D eigenvalue weighted by Gasteiger charge is 2.18. The summed E-state index contributed by atoms with van der Waals surface area (Å²) < 4.78 is 27.1. The van der Waals surface area contributed by atoms with Crippen LogP contribution in [-0.4, -0.2) is 45.0 Å². The molecule has 0 saturated heterocycles. The van der Waals surface area contributed by atoms with E-state index in [1.165, 1.54) is 6.07 Å². The highest BCUT2D eigenvalue weighted by atomic mass is 32.2. The Balaban J connectivity index is 2.96. The Morgan fingerprint density at radius 2 is 2.05 bits per heavy atom. The molecule has 3 N–H and O–H groups in total. The van der Waals surface area contributed by atoms with Gasteiger partial charge in [-0.15, -0.1) is 0 Å². The molecule has 1 aromatic carbocycles. The Morgan fingerprint density at radius 3 is 2.50 bits per heavy atom. The second kappa shape index (κ2) is 6.62. The Kier molecular flexibility index (Phi) is 5.64. The quantitative estimate of drug-likeness (QED) is 0.762. The zero-order valence-electron chi connectivity index (χ0n) is 12.2. The molecule has 112 valence electrons. The van der Waals surface area contributed by atoms with Gasteiger partial charge in [-0.25, -0.2) is 13.1 Å². The van der Waals surface area contributed by atoms with Crippen molar-refractivity contribution in [2.75, 3.05) is 20.6 Å². The topological polar surface area (TPSA) is 75.4 Å². The Bertz CT molecular complexity index is 598. The molecule has 0 spiro atoms. The molecular formula is C13H21N3O2S2. The standard InChI is InChI=1S/C13H21N3O2S2/c1-9-7-11(13(14)19)5-6-12(9)20(17,18)15-8-10(2)16(3)4/h5-7,10,15H,8H2,1-4H3,(H2,14,19). The van der Waals surface area contributed by atoms with Crippen molar-refractivity contribution in [3.05, 3.63) is 29.3 Å². The van der Waals surface area contributed by atoms with Crippen molar-refractivity contribution >= 4 is 27.2 Å². The third-order valence-corrected chi connectivity index (χ3v) is 5.02. The fourth-order valence-corrected chi connectivity index (χ4v) is 3.07. The van der Waals surface area contributed by atoms with Crippen LogP contribution in [0.1, 0.15) is 18.1 Å². The van der Waals surface area contributed by atoms with Gasteiger partial charge in [0.15, 0.2) is 0 Å². The molecule has 0 aromatic heterocycles. The minimum atomic E-state index is -3.52. The van der Waals surface area contributed by atoms with E-state index in [4.69, 9.17) is 18.0 Å². The SMILES string of the molecule is Cc1cc(C(N)=S)ccc1S(=O)(=O)NCC(C)N(C)C. The molecule has 0 aliphatic carbocycles. The lowest BCUT2D eigenvalue weighted by molar-refractivity contribution is 0.314. The molecule has 1 atom stereocenters. The maximum Gasteiger partial charge on any atom is 0.240 e. The Morgan fingerprint density at radius 1 is 1.45 bits per heavy atom. The number of likely N-dealkylation sites (N-methyl/N-ethyl adjacent to an activating group) is 1. The van der Waals surface area contributed by atoms with Crippen molar-refractivity contribution in [3.8, 4) is 0 Å². The molecule has 1 aromatic rings. The molecule has 0 aliphatic heterocycles. The second-order valence-corrected chi connectivity index (χ2v) is 7.18. The summed E-state index contributed by atoms with van der Waals surface area (Å²) in [6.07, 6.45) is 0. The highest BCUT2D eigenvalue weighted by molar-refractivity contribution is 7.89. The molecule has 0 fully saturated rings. The van der Waals surface area contributed by atoms with Crippen LogP contribution in [0.2, 0.25) is 0 Å². The largest absolute Gasteiger partial charge is 0.389 e. The van der Waals surface area contributed by atoms with Gasteiger partial charge in [0.25, 0.3) is 0 Å². The smallest absolute Gasteiger partial charge is 0.240 e. The van der Waals surface area contributed by atoms with Crippen LogP contribution in [-0.2, 0) is 10.0 Å². The van der Waals surface area contributed by atoms with Gasteiger partial charge in [0.2, 0.25) is 10.0 Å². The van der Waals surface area contributed by atoms with Gasteiger partial charge in [-0.1, -0.05) is 18.3 Å². The van der Waals surface area contributed by atoms with Crippen molar-refractivity contribution < 1.29 is 8.42 Å². The average Bonchev–Trinajstić information content (AvgIpc) is 2.35. The van der Waals surface area contributed by atoms with E-state index in [9.17, 15) is 8.42 Å². The number of thiocarbonyl (C=S) groups is 1. The lowest BCUT2D eigenvalue weighted by Gasteiger charge is -2.20. The number of nitrogens with zero attached hydrogens (tertiary/aromatic N) is 1. The number of nitrogens with one attached hydrogen (secondary N) is 1. The number of rotatable bonds is 6. The van der Waals surface area contributed by atoms with Crippen molar-refractivity contribution in [2.24, 2.45) is 5.73 Å². The third kappa shape index (κ3) is 4.24. The summed E-state index contributed by atoms with van der Waals surface area (Å²) in [5.41, 5.74) is 6.82. The van der Waals surface area contributed by atoms with Gasteiger partial charge >= 0.3 is 0 Å². The first-order valence-electron chi connectivity index (χ1n) is 6.21. The Labute approximate surface area is 126 Å². The van der Waals surface area contributed by atoms with Crippen LogP contribution in [0.15, 0.2) is 23.1 Å². The van der Waals surface area contributed by atoms with E-state index in [-0.39, 0.29) is 15.9 Å². The lowest BCUT2D eigenvalue weighted by Crippen LogP contribution is -2.38. The van der Waals surface area contributed by atoms with E-state index in [0.29, 0.717) is 17.7 Å². The van der Waals surface area contributed by atoms with E-state index >= 15 is 0 Å². The van der Waals surface area contributed by atoms with Gasteiger partial charge in [0, 0.05) is 18.2 Å². The first-order valence-corrected chi connectivity index (χ1v) is 8.11. The molecule has 0 saturated carbocycles. The van der Waals surface area contributed by atoms with Crippen molar-refractivity contribution in [1.82, 2.24) is 9.62 Å². The molecule has 20 heavy (non-hydrogen) atoms. The zero-order valence-corrected chi connectivity index (χ0v) is 13.8. The maximum absolute atomic E-state index is 12.3. The van der Waals surface area contributed by atoms with E-state index < -0.39 is 10.0 Å². The molecule has 0 amide bonds. The van der Waals surface area contributed by atoms with Crippen LogP contribution in [0.4, 0.5) is 0 Å². The van der Waals surface area contributed by atoms with Crippen LogP contribution in [0, 0.1) is 6.92 Å². The molecular weight excluding hydrogens is 294 g/mol. The fraction of sp³-hybridized carbons (Fsp3) is 0.462. The zero-order chi connectivity index (χ0) is 15.5. The van der Waals surface area contributed by atoms with Crippen LogP contribution < -0.4 is 10.5 Å². The molecule has 0 radical (unpaired) electrons. The summed E-state index contributed by atoms with van der Waals surface area (Å²) in [6.45, 7) is 4.03. The fourth-order valence-electron chi connectivity index (χ4n) is 1.59. The van der Waals surface area contributed by atoms with Crippen molar-refractivity contribution in [3.63, 3.8) is 0 Å². The molecule has 7 heteroatoms. The lowest BCUT2D eigenvalue weighted by atomic mass is 10.1. The average molecular weight is 315 g/mol. The summed E-state index contributed by atoms with van der Waals surface area (Å²) in [5.74, 6) is 0. The minimum absolute atomic E-state index is 0.112. The highest BCUT2D eigenvalue weighted by Crippen LogP contribution is 2.16. The van der Waals surface area contributed by atoms with Gasteiger partial charge in [0.05, 0.1) is 4.90 Å². The van der Waals surface area contributed by atoms with E-state index in [0.717, 1.165) is 0 Å². The summed E-state index contributed by atoms with van der Waals surface area (Å²) in [5, 5.41) is 0. The van der Waals surface area contributed by atoms with E-state index in [1.54, 1.807) is 19.1 Å². The van der Waals surface area contributed by atoms with Crippen LogP contribution in [0.5, 0.6) is 0 Å². The Hall–Kier alpha value is -1.02.